The molecule has 1 aromatic carbocycles. The van der Waals surface area contributed by atoms with Crippen LogP contribution in [0.2, 0.25) is 0 Å². The largest absolute Gasteiger partial charge is 0.411 e. The Morgan fingerprint density at radius 3 is 2.95 bits per heavy atom. The molecule has 1 aromatic rings. The van der Waals surface area contributed by atoms with Gasteiger partial charge in [0, 0.05) is 12.2 Å². The van der Waals surface area contributed by atoms with E-state index in [0.717, 1.165) is 24.1 Å². The van der Waals surface area contributed by atoms with Crippen LogP contribution in [0.4, 0.5) is 18.9 Å². The van der Waals surface area contributed by atoms with Crippen LogP contribution in [0.15, 0.2) is 18.2 Å². The Morgan fingerprint density at radius 1 is 1.48 bits per heavy atom. The molecular formula is C14H17F3N2O2. The van der Waals surface area contributed by atoms with E-state index in [1.165, 1.54) is 6.92 Å². The van der Waals surface area contributed by atoms with Crippen molar-refractivity contribution >= 4 is 11.6 Å². The van der Waals surface area contributed by atoms with Crippen molar-refractivity contribution in [3.8, 4) is 0 Å². The van der Waals surface area contributed by atoms with Gasteiger partial charge in [-0.25, -0.2) is 0 Å². The van der Waals surface area contributed by atoms with E-state index in [1.807, 2.05) is 12.1 Å². The lowest BCUT2D eigenvalue weighted by atomic mass is 9.99. The van der Waals surface area contributed by atoms with Gasteiger partial charge in [-0.3, -0.25) is 4.79 Å². The third kappa shape index (κ3) is 4.44. The summed E-state index contributed by atoms with van der Waals surface area (Å²) >= 11 is 0. The molecule has 2 N–H and O–H groups in total. The molecule has 0 bridgehead atoms. The number of ether oxygens (including phenoxy) is 1. The van der Waals surface area contributed by atoms with Gasteiger partial charge in [-0.1, -0.05) is 12.1 Å². The highest BCUT2D eigenvalue weighted by Gasteiger charge is 2.30. The molecule has 1 unspecified atom stereocenters. The Bertz CT molecular complexity index is 517. The van der Waals surface area contributed by atoms with Crippen LogP contribution in [-0.2, 0) is 22.5 Å². The average Bonchev–Trinajstić information content (AvgIpc) is 2.44. The molecule has 0 saturated carbocycles. The minimum absolute atomic E-state index is 0.585. The van der Waals surface area contributed by atoms with Crippen LogP contribution in [0.1, 0.15) is 18.1 Å². The normalized spacial score (nSPS) is 16.2. The number of benzene rings is 1. The summed E-state index contributed by atoms with van der Waals surface area (Å²) < 4.78 is 40.7. The number of carbonyl (C=O) groups excluding carboxylic acids is 1. The first-order valence-electron chi connectivity index (χ1n) is 6.67. The number of hydrogen-bond acceptors (Lipinski definition) is 3. The van der Waals surface area contributed by atoms with Gasteiger partial charge in [0.2, 0.25) is 0 Å². The summed E-state index contributed by atoms with van der Waals surface area (Å²) in [6.07, 6.45) is -4.75. The highest BCUT2D eigenvalue weighted by molar-refractivity contribution is 5.94. The Morgan fingerprint density at radius 2 is 2.24 bits per heavy atom. The maximum absolute atomic E-state index is 12.1. The highest BCUT2D eigenvalue weighted by atomic mass is 19.4. The zero-order valence-corrected chi connectivity index (χ0v) is 11.6. The molecule has 0 aromatic heterocycles. The van der Waals surface area contributed by atoms with Gasteiger partial charge in [-0.05, 0) is 37.1 Å². The molecule has 0 radical (unpaired) electrons. The molecule has 116 valence electrons. The fourth-order valence-corrected chi connectivity index (χ4v) is 2.16. The Labute approximate surface area is 120 Å². The van der Waals surface area contributed by atoms with Crippen molar-refractivity contribution in [3.63, 3.8) is 0 Å². The number of halogens is 3. The van der Waals surface area contributed by atoms with Crippen LogP contribution in [0, 0.1) is 0 Å². The van der Waals surface area contributed by atoms with Gasteiger partial charge in [0.1, 0.15) is 12.7 Å². The summed E-state index contributed by atoms with van der Waals surface area (Å²) in [5, 5.41) is 5.83. The van der Waals surface area contributed by atoms with Crippen LogP contribution in [0.5, 0.6) is 0 Å². The summed E-state index contributed by atoms with van der Waals surface area (Å²) in [6.45, 7) is 1.36. The number of hydrogen-bond donors (Lipinski definition) is 2. The van der Waals surface area contributed by atoms with E-state index in [-0.39, 0.29) is 0 Å². The van der Waals surface area contributed by atoms with E-state index in [4.69, 9.17) is 0 Å². The van der Waals surface area contributed by atoms with Gasteiger partial charge >= 0.3 is 6.18 Å². The van der Waals surface area contributed by atoms with Crippen molar-refractivity contribution in [1.29, 1.82) is 0 Å². The summed E-state index contributed by atoms with van der Waals surface area (Å²) in [5.74, 6) is -0.585. The first-order valence-corrected chi connectivity index (χ1v) is 6.67. The minimum atomic E-state index is -4.44. The van der Waals surface area contributed by atoms with E-state index < -0.39 is 24.8 Å². The summed E-state index contributed by atoms with van der Waals surface area (Å²) in [7, 11) is 0. The number of carbonyl (C=O) groups is 1. The van der Waals surface area contributed by atoms with Gasteiger partial charge in [0.05, 0.1) is 0 Å². The van der Waals surface area contributed by atoms with Crippen molar-refractivity contribution in [2.75, 3.05) is 18.5 Å². The molecule has 0 aliphatic carbocycles. The standard InChI is InChI=1S/C14H17F3N2O2/c1-9(21-8-14(15,16)17)13(20)19-12-4-2-3-10-5-6-18-7-11(10)12/h2-4,9,18H,5-8H2,1H3,(H,19,20). The van der Waals surface area contributed by atoms with Crippen molar-refractivity contribution in [3.05, 3.63) is 29.3 Å². The fraction of sp³-hybridized carbons (Fsp3) is 0.500. The van der Waals surface area contributed by atoms with Crippen molar-refractivity contribution in [2.45, 2.75) is 32.2 Å². The lowest BCUT2D eigenvalue weighted by molar-refractivity contribution is -0.184. The highest BCUT2D eigenvalue weighted by Crippen LogP contribution is 2.23. The molecule has 1 aliphatic rings. The zero-order valence-electron chi connectivity index (χ0n) is 11.6. The second kappa shape index (κ2) is 6.44. The Kier molecular flexibility index (Phi) is 4.84. The maximum atomic E-state index is 12.1. The smallest absolute Gasteiger partial charge is 0.359 e. The third-order valence-electron chi connectivity index (χ3n) is 3.27. The van der Waals surface area contributed by atoms with E-state index in [9.17, 15) is 18.0 Å². The minimum Gasteiger partial charge on any atom is -0.359 e. The molecule has 0 saturated heterocycles. The summed E-state index contributed by atoms with van der Waals surface area (Å²) in [5.41, 5.74) is 2.72. The molecule has 21 heavy (non-hydrogen) atoms. The topological polar surface area (TPSA) is 50.4 Å². The first kappa shape index (κ1) is 15.8. The van der Waals surface area contributed by atoms with E-state index >= 15 is 0 Å². The molecule has 1 heterocycles. The number of nitrogens with one attached hydrogen (secondary N) is 2. The van der Waals surface area contributed by atoms with E-state index in [1.54, 1.807) is 6.07 Å². The molecule has 1 amide bonds. The van der Waals surface area contributed by atoms with E-state index in [0.29, 0.717) is 12.2 Å². The van der Waals surface area contributed by atoms with Crippen molar-refractivity contribution in [2.24, 2.45) is 0 Å². The van der Waals surface area contributed by atoms with Gasteiger partial charge in [0.25, 0.3) is 5.91 Å². The predicted molar refractivity (Wildman–Crippen MR) is 72.0 cm³/mol. The number of alkyl halides is 3. The van der Waals surface area contributed by atoms with Crippen molar-refractivity contribution < 1.29 is 22.7 Å². The van der Waals surface area contributed by atoms with Crippen molar-refractivity contribution in [1.82, 2.24) is 5.32 Å². The number of amides is 1. The van der Waals surface area contributed by atoms with Gasteiger partial charge in [0.15, 0.2) is 0 Å². The molecule has 0 fully saturated rings. The fourth-order valence-electron chi connectivity index (χ4n) is 2.16. The van der Waals surface area contributed by atoms with E-state index in [2.05, 4.69) is 15.4 Å². The number of anilines is 1. The van der Waals surface area contributed by atoms with Crippen LogP contribution >= 0.6 is 0 Å². The zero-order chi connectivity index (χ0) is 15.5. The number of rotatable bonds is 4. The SMILES string of the molecule is CC(OCC(F)(F)F)C(=O)Nc1cccc2c1CNCC2. The molecule has 4 nitrogen and oxygen atoms in total. The Balaban J connectivity index is 1.99. The average molecular weight is 302 g/mol. The second-order valence-electron chi connectivity index (χ2n) is 4.93. The van der Waals surface area contributed by atoms with Gasteiger partial charge < -0.3 is 15.4 Å². The summed E-state index contributed by atoms with van der Waals surface area (Å²) in [6, 6.07) is 5.54. The maximum Gasteiger partial charge on any atom is 0.411 e. The lowest BCUT2D eigenvalue weighted by Crippen LogP contribution is -2.32. The molecule has 1 aliphatic heterocycles. The monoisotopic (exact) mass is 302 g/mol. The van der Waals surface area contributed by atoms with Crippen LogP contribution in [-0.4, -0.2) is 31.3 Å². The van der Waals surface area contributed by atoms with Gasteiger partial charge in [-0.15, -0.1) is 0 Å². The van der Waals surface area contributed by atoms with Gasteiger partial charge in [-0.2, -0.15) is 13.2 Å². The Hall–Kier alpha value is -1.60. The quantitative estimate of drug-likeness (QED) is 0.897. The molecule has 0 spiro atoms. The molecule has 2 rings (SSSR count). The first-order chi connectivity index (χ1) is 9.87. The summed E-state index contributed by atoms with van der Waals surface area (Å²) in [4.78, 5) is 11.9. The third-order valence-corrected chi connectivity index (χ3v) is 3.27. The van der Waals surface area contributed by atoms with Crippen LogP contribution in [0.3, 0.4) is 0 Å². The molecule has 7 heteroatoms. The van der Waals surface area contributed by atoms with Crippen LogP contribution in [0.25, 0.3) is 0 Å². The molecule has 1 atom stereocenters. The van der Waals surface area contributed by atoms with Crippen LogP contribution < -0.4 is 10.6 Å². The second-order valence-corrected chi connectivity index (χ2v) is 4.93. The molecular weight excluding hydrogens is 285 g/mol. The predicted octanol–water partition coefficient (Wildman–Crippen LogP) is 2.24. The lowest BCUT2D eigenvalue weighted by Gasteiger charge is -2.21. The number of fused-ring (bicyclic) bond motifs is 1.